The number of nitro benzene ring substituents is 1. The molecular formula is C14H11N3O3. The number of H-pyrrole nitrogens is 1. The number of hydrogen-bond donors (Lipinski definition) is 1. The van der Waals surface area contributed by atoms with E-state index < -0.39 is 10.5 Å². The van der Waals surface area contributed by atoms with Gasteiger partial charge in [-0.15, -0.1) is 0 Å². The van der Waals surface area contributed by atoms with Crippen LogP contribution in [0.4, 0.5) is 5.69 Å². The molecule has 0 fully saturated rings. The Morgan fingerprint density at radius 2 is 1.95 bits per heavy atom. The molecule has 0 aliphatic heterocycles. The van der Waals surface area contributed by atoms with E-state index in [4.69, 9.17) is 5.26 Å². The van der Waals surface area contributed by atoms with Crippen LogP contribution in [0.3, 0.4) is 0 Å². The van der Waals surface area contributed by atoms with Crippen molar-refractivity contribution >= 4 is 5.69 Å². The number of aryl methyl sites for hydroxylation is 2. The Kier molecular flexibility index (Phi) is 3.36. The number of aromatic nitrogens is 1. The van der Waals surface area contributed by atoms with Gasteiger partial charge in [0.2, 0.25) is 0 Å². The first-order valence-electron chi connectivity index (χ1n) is 5.83. The first-order chi connectivity index (χ1) is 9.43. The van der Waals surface area contributed by atoms with Gasteiger partial charge in [-0.3, -0.25) is 14.9 Å². The van der Waals surface area contributed by atoms with Crippen LogP contribution in [0.25, 0.3) is 11.3 Å². The molecule has 0 spiro atoms. The number of aromatic amines is 1. The first-order valence-corrected chi connectivity index (χ1v) is 5.83. The van der Waals surface area contributed by atoms with Gasteiger partial charge in [-0.05, 0) is 25.5 Å². The van der Waals surface area contributed by atoms with Gasteiger partial charge in [0.25, 0.3) is 11.2 Å². The zero-order valence-electron chi connectivity index (χ0n) is 10.9. The Labute approximate surface area is 114 Å². The van der Waals surface area contributed by atoms with Crippen LogP contribution in [0.15, 0.2) is 29.1 Å². The van der Waals surface area contributed by atoms with Gasteiger partial charge in [-0.2, -0.15) is 5.26 Å². The lowest BCUT2D eigenvalue weighted by Gasteiger charge is -2.05. The third-order valence-corrected chi connectivity index (χ3v) is 3.06. The van der Waals surface area contributed by atoms with Crippen molar-refractivity contribution in [1.82, 2.24) is 4.98 Å². The van der Waals surface area contributed by atoms with Gasteiger partial charge in [-0.1, -0.05) is 12.1 Å². The summed E-state index contributed by atoms with van der Waals surface area (Å²) in [4.78, 5) is 24.8. The summed E-state index contributed by atoms with van der Waals surface area (Å²) in [5.74, 6) is 0. The minimum Gasteiger partial charge on any atom is -0.321 e. The summed E-state index contributed by atoms with van der Waals surface area (Å²) in [5, 5.41) is 19.8. The number of hydrogen-bond acceptors (Lipinski definition) is 4. The molecule has 0 saturated carbocycles. The van der Waals surface area contributed by atoms with E-state index in [1.54, 1.807) is 32.0 Å². The van der Waals surface area contributed by atoms with Crippen molar-refractivity contribution in [2.75, 3.05) is 0 Å². The Balaban J connectivity index is 2.64. The highest BCUT2D eigenvalue weighted by Crippen LogP contribution is 2.25. The number of pyridine rings is 1. The molecule has 1 aromatic carbocycles. The molecule has 0 aliphatic rings. The summed E-state index contributed by atoms with van der Waals surface area (Å²) in [7, 11) is 0. The Hall–Kier alpha value is -2.94. The Morgan fingerprint density at radius 1 is 1.25 bits per heavy atom. The maximum Gasteiger partial charge on any atom is 0.272 e. The molecule has 2 aromatic rings. The molecule has 0 amide bonds. The lowest BCUT2D eigenvalue weighted by molar-refractivity contribution is -0.385. The quantitative estimate of drug-likeness (QED) is 0.668. The number of nitrogens with zero attached hydrogens (tertiary/aromatic N) is 2. The first kappa shape index (κ1) is 13.5. The van der Waals surface area contributed by atoms with Gasteiger partial charge in [-0.25, -0.2) is 0 Å². The van der Waals surface area contributed by atoms with E-state index in [-0.39, 0.29) is 11.3 Å². The second-order valence-corrected chi connectivity index (χ2v) is 4.44. The van der Waals surface area contributed by atoms with E-state index in [0.717, 1.165) is 0 Å². The molecule has 0 bridgehead atoms. The zero-order valence-corrected chi connectivity index (χ0v) is 10.9. The van der Waals surface area contributed by atoms with Crippen LogP contribution < -0.4 is 5.56 Å². The highest BCUT2D eigenvalue weighted by molar-refractivity contribution is 5.65. The van der Waals surface area contributed by atoms with Crippen LogP contribution >= 0.6 is 0 Å². The number of nitrogens with one attached hydrogen (secondary N) is 1. The summed E-state index contributed by atoms with van der Waals surface area (Å²) in [6.07, 6.45) is 0. The van der Waals surface area contributed by atoms with E-state index in [0.29, 0.717) is 22.4 Å². The third kappa shape index (κ3) is 2.29. The molecule has 1 aromatic heterocycles. The van der Waals surface area contributed by atoms with Crippen molar-refractivity contribution < 1.29 is 4.92 Å². The summed E-state index contributed by atoms with van der Waals surface area (Å²) in [6.45, 7) is 3.30. The minimum atomic E-state index is -0.495. The third-order valence-electron chi connectivity index (χ3n) is 3.06. The molecule has 1 heterocycles. The van der Waals surface area contributed by atoms with Crippen LogP contribution in [0.5, 0.6) is 0 Å². The Morgan fingerprint density at radius 3 is 2.50 bits per heavy atom. The number of benzene rings is 1. The molecule has 1 N–H and O–H groups in total. The molecule has 0 aliphatic carbocycles. The van der Waals surface area contributed by atoms with Gasteiger partial charge in [0.15, 0.2) is 0 Å². The lowest BCUT2D eigenvalue weighted by atomic mass is 10.0. The average molecular weight is 269 g/mol. The maximum absolute atomic E-state index is 11.7. The molecule has 0 radical (unpaired) electrons. The highest BCUT2D eigenvalue weighted by Gasteiger charge is 2.13. The Bertz CT molecular complexity index is 800. The van der Waals surface area contributed by atoms with Crippen LogP contribution in [-0.2, 0) is 0 Å². The van der Waals surface area contributed by atoms with Crippen LogP contribution in [0.2, 0.25) is 0 Å². The van der Waals surface area contributed by atoms with Crippen molar-refractivity contribution in [2.45, 2.75) is 13.8 Å². The van der Waals surface area contributed by atoms with Crippen LogP contribution in [0, 0.1) is 35.3 Å². The van der Waals surface area contributed by atoms with Gasteiger partial charge in [0.05, 0.1) is 4.92 Å². The topological polar surface area (TPSA) is 99.8 Å². The van der Waals surface area contributed by atoms with Gasteiger partial charge >= 0.3 is 0 Å². The van der Waals surface area contributed by atoms with E-state index in [9.17, 15) is 14.9 Å². The summed E-state index contributed by atoms with van der Waals surface area (Å²) >= 11 is 0. The fraction of sp³-hybridized carbons (Fsp3) is 0.143. The fourth-order valence-electron chi connectivity index (χ4n) is 1.96. The summed E-state index contributed by atoms with van der Waals surface area (Å²) in [5.41, 5.74) is 1.62. The van der Waals surface area contributed by atoms with Crippen molar-refractivity contribution in [2.24, 2.45) is 0 Å². The normalized spacial score (nSPS) is 10.1. The molecule has 0 saturated heterocycles. The number of nitriles is 1. The van der Waals surface area contributed by atoms with Gasteiger partial charge in [0, 0.05) is 22.9 Å². The molecule has 100 valence electrons. The second kappa shape index (κ2) is 4.97. The SMILES string of the molecule is Cc1ccc(-c2cc(C)c(C#N)c(=O)[nH]2)cc1[N+](=O)[O-]. The molecule has 6 heteroatoms. The summed E-state index contributed by atoms with van der Waals surface area (Å²) < 4.78 is 0. The molecular weight excluding hydrogens is 258 g/mol. The molecule has 20 heavy (non-hydrogen) atoms. The molecule has 2 rings (SSSR count). The van der Waals surface area contributed by atoms with Crippen molar-refractivity contribution in [3.05, 3.63) is 61.4 Å². The van der Waals surface area contributed by atoms with E-state index in [1.807, 2.05) is 6.07 Å². The highest BCUT2D eigenvalue weighted by atomic mass is 16.6. The van der Waals surface area contributed by atoms with Crippen LogP contribution in [-0.4, -0.2) is 9.91 Å². The number of nitro groups is 1. The number of rotatable bonds is 2. The predicted molar refractivity (Wildman–Crippen MR) is 73.3 cm³/mol. The van der Waals surface area contributed by atoms with E-state index in [1.165, 1.54) is 6.07 Å². The van der Waals surface area contributed by atoms with E-state index >= 15 is 0 Å². The zero-order chi connectivity index (χ0) is 14.9. The fourth-order valence-corrected chi connectivity index (χ4v) is 1.96. The van der Waals surface area contributed by atoms with Gasteiger partial charge in [0.1, 0.15) is 11.6 Å². The lowest BCUT2D eigenvalue weighted by Crippen LogP contribution is -2.12. The average Bonchev–Trinajstić information content (AvgIpc) is 2.38. The predicted octanol–water partition coefficient (Wildman–Crippen LogP) is 2.44. The smallest absolute Gasteiger partial charge is 0.272 e. The maximum atomic E-state index is 11.7. The molecule has 6 nitrogen and oxygen atoms in total. The van der Waals surface area contributed by atoms with Crippen molar-refractivity contribution in [3.63, 3.8) is 0 Å². The van der Waals surface area contributed by atoms with Gasteiger partial charge < -0.3 is 4.98 Å². The molecule has 0 atom stereocenters. The van der Waals surface area contributed by atoms with Crippen molar-refractivity contribution in [3.8, 4) is 17.3 Å². The standard InChI is InChI=1S/C14H11N3O3/c1-8-3-4-10(6-13(8)17(19)20)12-5-9(2)11(7-15)14(18)16-12/h3-6H,1-2H3,(H,16,18). The van der Waals surface area contributed by atoms with Crippen molar-refractivity contribution in [1.29, 1.82) is 5.26 Å². The largest absolute Gasteiger partial charge is 0.321 e. The second-order valence-electron chi connectivity index (χ2n) is 4.44. The van der Waals surface area contributed by atoms with Crippen LogP contribution in [0.1, 0.15) is 16.7 Å². The molecule has 0 unspecified atom stereocenters. The van der Waals surface area contributed by atoms with E-state index in [2.05, 4.69) is 4.98 Å². The minimum absolute atomic E-state index is 0.00892. The monoisotopic (exact) mass is 269 g/mol. The summed E-state index contributed by atoms with van der Waals surface area (Å²) in [6, 6.07) is 8.19.